The summed E-state index contributed by atoms with van der Waals surface area (Å²) in [4.78, 5) is 12.5. The minimum Gasteiger partial charge on any atom is -0.468 e. The maximum Gasteiger partial charge on any atom is 0.224 e. The van der Waals surface area contributed by atoms with Gasteiger partial charge in [0, 0.05) is 35.4 Å². The van der Waals surface area contributed by atoms with Crippen molar-refractivity contribution in [1.29, 1.82) is 0 Å². The van der Waals surface area contributed by atoms with Crippen molar-refractivity contribution in [1.82, 2.24) is 9.62 Å². The summed E-state index contributed by atoms with van der Waals surface area (Å²) in [7, 11) is -3.58. The normalized spacial score (nSPS) is 17.7. The van der Waals surface area contributed by atoms with Crippen LogP contribution in [-0.4, -0.2) is 44.0 Å². The van der Waals surface area contributed by atoms with Crippen LogP contribution in [0.3, 0.4) is 0 Å². The van der Waals surface area contributed by atoms with E-state index in [4.69, 9.17) is 27.6 Å². The Balaban J connectivity index is 1.47. The second-order valence-electron chi connectivity index (χ2n) is 7.11. The molecule has 3 rings (SSSR count). The van der Waals surface area contributed by atoms with E-state index in [0.29, 0.717) is 41.5 Å². The maximum atomic E-state index is 12.9. The first-order chi connectivity index (χ1) is 14.3. The zero-order valence-electron chi connectivity index (χ0n) is 16.4. The Bertz CT molecular complexity index is 952. The molecule has 1 aliphatic heterocycles. The van der Waals surface area contributed by atoms with Gasteiger partial charge in [0.2, 0.25) is 15.9 Å². The lowest BCUT2D eigenvalue weighted by molar-refractivity contribution is -0.125. The molecule has 1 atom stereocenters. The smallest absolute Gasteiger partial charge is 0.224 e. The van der Waals surface area contributed by atoms with Crippen LogP contribution in [-0.2, 0) is 26.3 Å². The molecule has 30 heavy (non-hydrogen) atoms. The highest BCUT2D eigenvalue weighted by atomic mass is 35.5. The molecule has 2 aromatic rings. The van der Waals surface area contributed by atoms with Crippen LogP contribution in [0.25, 0.3) is 0 Å². The van der Waals surface area contributed by atoms with Gasteiger partial charge in [-0.3, -0.25) is 4.79 Å². The van der Waals surface area contributed by atoms with Gasteiger partial charge in [-0.2, -0.15) is 11.8 Å². The van der Waals surface area contributed by atoms with Gasteiger partial charge in [0.05, 0.1) is 23.7 Å². The lowest BCUT2D eigenvalue weighted by Gasteiger charge is -2.31. The molecule has 1 saturated heterocycles. The zero-order chi connectivity index (χ0) is 21.6. The third kappa shape index (κ3) is 6.65. The number of piperidine rings is 1. The molecule has 1 aliphatic rings. The molecule has 1 amide bonds. The van der Waals surface area contributed by atoms with Gasteiger partial charge in [-0.15, -0.1) is 0 Å². The zero-order valence-corrected chi connectivity index (χ0v) is 19.5. The molecule has 1 aromatic heterocycles. The number of furan rings is 1. The van der Waals surface area contributed by atoms with Crippen molar-refractivity contribution in [2.45, 2.75) is 24.3 Å². The molecule has 0 saturated carbocycles. The maximum absolute atomic E-state index is 12.9. The topological polar surface area (TPSA) is 79.6 Å². The first kappa shape index (κ1) is 23.5. The number of carbonyl (C=O) groups excluding carboxylic acids is 1. The molecule has 0 unspecified atom stereocenters. The molecule has 0 bridgehead atoms. The Morgan fingerprint density at radius 2 is 2.13 bits per heavy atom. The summed E-state index contributed by atoms with van der Waals surface area (Å²) >= 11 is 13.7. The molecule has 6 nitrogen and oxygen atoms in total. The third-order valence-electron chi connectivity index (χ3n) is 4.87. The van der Waals surface area contributed by atoms with E-state index in [9.17, 15) is 13.2 Å². The summed E-state index contributed by atoms with van der Waals surface area (Å²) in [5.41, 5.74) is 0.501. The highest BCUT2D eigenvalue weighted by Gasteiger charge is 2.32. The summed E-state index contributed by atoms with van der Waals surface area (Å²) in [5, 5.41) is 3.70. The van der Waals surface area contributed by atoms with Crippen molar-refractivity contribution >= 4 is 50.9 Å². The highest BCUT2D eigenvalue weighted by molar-refractivity contribution is 7.98. The number of benzene rings is 1. The average Bonchev–Trinajstić information content (AvgIpc) is 3.23. The molecule has 0 spiro atoms. The highest BCUT2D eigenvalue weighted by Crippen LogP contribution is 2.26. The Morgan fingerprint density at radius 1 is 1.30 bits per heavy atom. The number of nitrogens with one attached hydrogen (secondary N) is 1. The Labute approximate surface area is 191 Å². The van der Waals surface area contributed by atoms with E-state index in [2.05, 4.69) is 5.32 Å². The van der Waals surface area contributed by atoms with E-state index < -0.39 is 10.0 Å². The Hall–Kier alpha value is -1.19. The molecule has 164 valence electrons. The number of nitrogens with zero attached hydrogens (tertiary/aromatic N) is 1. The first-order valence-corrected chi connectivity index (χ1v) is 13.2. The van der Waals surface area contributed by atoms with E-state index in [-0.39, 0.29) is 24.1 Å². The molecule has 0 radical (unpaired) electrons. The van der Waals surface area contributed by atoms with E-state index in [1.807, 2.05) is 12.1 Å². The number of sulfonamides is 1. The number of halogens is 2. The van der Waals surface area contributed by atoms with Crippen LogP contribution in [0.4, 0.5) is 0 Å². The molecular weight excluding hydrogens is 467 g/mol. The van der Waals surface area contributed by atoms with Gasteiger partial charge in [-0.05, 0) is 42.7 Å². The minimum absolute atomic E-state index is 0.0991. The third-order valence-corrected chi connectivity index (χ3v) is 8.23. The van der Waals surface area contributed by atoms with E-state index in [1.54, 1.807) is 30.2 Å². The van der Waals surface area contributed by atoms with Gasteiger partial charge in [0.1, 0.15) is 5.76 Å². The van der Waals surface area contributed by atoms with Crippen LogP contribution in [0.5, 0.6) is 0 Å². The van der Waals surface area contributed by atoms with E-state index in [1.165, 1.54) is 10.4 Å². The fraction of sp³-hybridized carbons (Fsp3) is 0.450. The van der Waals surface area contributed by atoms with Gasteiger partial charge in [0.15, 0.2) is 0 Å². The number of rotatable bonds is 9. The summed E-state index contributed by atoms with van der Waals surface area (Å²) in [6.45, 7) is 1.14. The molecule has 1 fully saturated rings. The fourth-order valence-corrected chi connectivity index (χ4v) is 6.25. The predicted molar refractivity (Wildman–Crippen MR) is 121 cm³/mol. The SMILES string of the molecule is O=C(NCCSCc1ccco1)[C@@H]1CCCN(S(=O)(=O)Cc2ccc(Cl)cc2Cl)C1. The summed E-state index contributed by atoms with van der Waals surface area (Å²) in [6.07, 6.45) is 2.97. The van der Waals surface area contributed by atoms with Crippen molar-refractivity contribution in [3.63, 3.8) is 0 Å². The number of hydrogen-bond acceptors (Lipinski definition) is 5. The molecule has 2 heterocycles. The first-order valence-electron chi connectivity index (χ1n) is 9.65. The fourth-order valence-electron chi connectivity index (χ4n) is 3.29. The molecule has 1 aromatic carbocycles. The second kappa shape index (κ2) is 10.9. The van der Waals surface area contributed by atoms with E-state index >= 15 is 0 Å². The van der Waals surface area contributed by atoms with Gasteiger partial charge >= 0.3 is 0 Å². The van der Waals surface area contributed by atoms with Crippen LogP contribution in [0.15, 0.2) is 41.0 Å². The summed E-state index contributed by atoms with van der Waals surface area (Å²) < 4.78 is 32.4. The van der Waals surface area contributed by atoms with Crippen molar-refractivity contribution in [3.05, 3.63) is 58.0 Å². The van der Waals surface area contributed by atoms with Crippen molar-refractivity contribution in [3.8, 4) is 0 Å². The van der Waals surface area contributed by atoms with Crippen LogP contribution in [0.2, 0.25) is 10.0 Å². The van der Waals surface area contributed by atoms with Crippen LogP contribution >= 0.6 is 35.0 Å². The van der Waals surface area contributed by atoms with Crippen LogP contribution in [0, 0.1) is 5.92 Å². The second-order valence-corrected chi connectivity index (χ2v) is 11.0. The summed E-state index contributed by atoms with van der Waals surface area (Å²) in [5.74, 6) is 1.77. The minimum atomic E-state index is -3.58. The van der Waals surface area contributed by atoms with Gasteiger partial charge in [-0.1, -0.05) is 29.3 Å². The molecular formula is C20H24Cl2N2O4S2. The van der Waals surface area contributed by atoms with E-state index in [0.717, 1.165) is 17.3 Å². The van der Waals surface area contributed by atoms with Crippen molar-refractivity contribution < 1.29 is 17.6 Å². The van der Waals surface area contributed by atoms with Crippen LogP contribution in [0.1, 0.15) is 24.2 Å². The largest absolute Gasteiger partial charge is 0.468 e. The predicted octanol–water partition coefficient (Wildman–Crippen LogP) is 4.18. The number of amides is 1. The van der Waals surface area contributed by atoms with Crippen molar-refractivity contribution in [2.24, 2.45) is 5.92 Å². The van der Waals surface area contributed by atoms with Crippen LogP contribution < -0.4 is 5.32 Å². The molecule has 1 N–H and O–H groups in total. The van der Waals surface area contributed by atoms with Gasteiger partial charge in [-0.25, -0.2) is 12.7 Å². The Morgan fingerprint density at radius 3 is 2.87 bits per heavy atom. The van der Waals surface area contributed by atoms with Crippen molar-refractivity contribution in [2.75, 3.05) is 25.4 Å². The molecule has 0 aliphatic carbocycles. The number of hydrogen-bond donors (Lipinski definition) is 1. The Kier molecular flexibility index (Phi) is 8.53. The molecule has 10 heteroatoms. The van der Waals surface area contributed by atoms with Gasteiger partial charge in [0.25, 0.3) is 0 Å². The number of thioether (sulfide) groups is 1. The number of carbonyl (C=O) groups is 1. The lowest BCUT2D eigenvalue weighted by Crippen LogP contribution is -2.46. The monoisotopic (exact) mass is 490 g/mol. The average molecular weight is 491 g/mol. The lowest BCUT2D eigenvalue weighted by atomic mass is 9.99. The standard InChI is InChI=1S/C20H24Cl2N2O4S2/c21-17-6-5-16(19(22)11-17)14-30(26,27)24-8-1-3-15(12-24)20(25)23-7-10-29-13-18-4-2-9-28-18/h2,4-6,9,11,15H,1,3,7-8,10,12-14H2,(H,23,25)/t15-/m1/s1. The van der Waals surface area contributed by atoms with Gasteiger partial charge < -0.3 is 9.73 Å². The summed E-state index contributed by atoms with van der Waals surface area (Å²) in [6, 6.07) is 8.54. The quantitative estimate of drug-likeness (QED) is 0.533.